The highest BCUT2D eigenvalue weighted by molar-refractivity contribution is 5.86. The molecule has 1 aliphatic rings. The Bertz CT molecular complexity index is 1020. The molecule has 2 aromatic rings. The van der Waals surface area contributed by atoms with E-state index in [0.717, 1.165) is 49.6 Å². The van der Waals surface area contributed by atoms with Gasteiger partial charge in [-0.2, -0.15) is 5.10 Å². The van der Waals surface area contributed by atoms with Gasteiger partial charge in [-0.1, -0.05) is 52.8 Å². The summed E-state index contributed by atoms with van der Waals surface area (Å²) in [6, 6.07) is 12.2. The second-order valence-electron chi connectivity index (χ2n) is 10.6. The van der Waals surface area contributed by atoms with E-state index in [1.807, 2.05) is 18.2 Å². The summed E-state index contributed by atoms with van der Waals surface area (Å²) >= 11 is 0. The van der Waals surface area contributed by atoms with Gasteiger partial charge in [-0.3, -0.25) is 14.6 Å². The second kappa shape index (κ2) is 11.7. The number of hydrogen-bond acceptors (Lipinski definition) is 6. The van der Waals surface area contributed by atoms with Gasteiger partial charge in [0.25, 0.3) is 5.91 Å². The lowest BCUT2D eigenvalue weighted by Gasteiger charge is -2.34. The summed E-state index contributed by atoms with van der Waals surface area (Å²) < 4.78 is 5.22. The van der Waals surface area contributed by atoms with Crippen molar-refractivity contribution in [1.29, 1.82) is 0 Å². The lowest BCUT2D eigenvalue weighted by Crippen LogP contribution is -2.48. The molecule has 35 heavy (non-hydrogen) atoms. The number of rotatable bonds is 8. The zero-order chi connectivity index (χ0) is 25.6. The molecule has 0 aromatic heterocycles. The van der Waals surface area contributed by atoms with E-state index in [0.29, 0.717) is 18.0 Å². The van der Waals surface area contributed by atoms with Crippen LogP contribution in [-0.4, -0.2) is 66.9 Å². The largest absolute Gasteiger partial charge is 0.507 e. The maximum atomic E-state index is 12.5. The third-order valence-electron chi connectivity index (χ3n) is 6.43. The van der Waals surface area contributed by atoms with Crippen molar-refractivity contribution in [3.63, 3.8) is 0 Å². The third-order valence-corrected chi connectivity index (χ3v) is 6.43. The molecule has 2 aromatic carbocycles. The SMILES string of the molecule is COc1ccc(CN2CCN(CC(=O)N/N=C/c3cc(C(C)C)cc(C(C)(C)C)c3O)CC2)cc1. The Labute approximate surface area is 209 Å². The molecule has 1 fully saturated rings. The monoisotopic (exact) mass is 480 g/mol. The quantitative estimate of drug-likeness (QED) is 0.440. The van der Waals surface area contributed by atoms with Crippen LogP contribution in [0.2, 0.25) is 0 Å². The molecule has 190 valence electrons. The minimum atomic E-state index is -0.198. The Morgan fingerprint density at radius 3 is 2.31 bits per heavy atom. The number of amides is 1. The number of carbonyl (C=O) groups is 1. The number of ether oxygens (including phenoxy) is 1. The number of piperazine rings is 1. The standard InChI is InChI=1S/C28H40N4O3/c1-20(2)22-15-23(27(34)25(16-22)28(3,4)5)17-29-30-26(33)19-32-13-11-31(12-14-32)18-21-7-9-24(35-6)10-8-21/h7-10,15-17,20,34H,11-14,18-19H2,1-6H3,(H,30,33)/b29-17+. The van der Waals surface area contributed by atoms with Crippen LogP contribution in [-0.2, 0) is 16.8 Å². The molecule has 1 aliphatic heterocycles. The fourth-order valence-corrected chi connectivity index (χ4v) is 4.19. The molecule has 1 heterocycles. The van der Waals surface area contributed by atoms with Gasteiger partial charge in [0, 0.05) is 43.9 Å². The molecule has 1 amide bonds. The lowest BCUT2D eigenvalue weighted by molar-refractivity contribution is -0.122. The Morgan fingerprint density at radius 2 is 1.74 bits per heavy atom. The van der Waals surface area contributed by atoms with E-state index in [1.54, 1.807) is 13.3 Å². The summed E-state index contributed by atoms with van der Waals surface area (Å²) in [6.07, 6.45) is 1.54. The highest BCUT2D eigenvalue weighted by Gasteiger charge is 2.22. The normalized spacial score (nSPS) is 15.6. The van der Waals surface area contributed by atoms with Crippen LogP contribution in [0, 0.1) is 0 Å². The zero-order valence-electron chi connectivity index (χ0n) is 22.0. The van der Waals surface area contributed by atoms with Crippen molar-refractivity contribution in [1.82, 2.24) is 15.2 Å². The summed E-state index contributed by atoms with van der Waals surface area (Å²) in [5, 5.41) is 14.9. The minimum absolute atomic E-state index is 0.152. The number of phenols is 1. The predicted octanol–water partition coefficient (Wildman–Crippen LogP) is 4.09. The number of benzene rings is 2. The van der Waals surface area contributed by atoms with Gasteiger partial charge >= 0.3 is 0 Å². The fraction of sp³-hybridized carbons (Fsp3) is 0.500. The first-order valence-corrected chi connectivity index (χ1v) is 12.3. The van der Waals surface area contributed by atoms with Gasteiger partial charge in [0.05, 0.1) is 19.9 Å². The van der Waals surface area contributed by atoms with Gasteiger partial charge in [0.2, 0.25) is 0 Å². The van der Waals surface area contributed by atoms with Crippen molar-refractivity contribution < 1.29 is 14.6 Å². The van der Waals surface area contributed by atoms with Crippen LogP contribution >= 0.6 is 0 Å². The smallest absolute Gasteiger partial charge is 0.254 e. The molecule has 0 aliphatic carbocycles. The van der Waals surface area contributed by atoms with Crippen molar-refractivity contribution in [2.24, 2.45) is 5.10 Å². The van der Waals surface area contributed by atoms with Crippen LogP contribution in [0.1, 0.15) is 62.8 Å². The molecule has 7 heteroatoms. The van der Waals surface area contributed by atoms with E-state index >= 15 is 0 Å². The second-order valence-corrected chi connectivity index (χ2v) is 10.6. The Kier molecular flexibility index (Phi) is 8.92. The molecule has 0 bridgehead atoms. The summed E-state index contributed by atoms with van der Waals surface area (Å²) in [7, 11) is 1.67. The van der Waals surface area contributed by atoms with E-state index in [4.69, 9.17) is 4.74 Å². The van der Waals surface area contributed by atoms with Crippen LogP contribution in [0.25, 0.3) is 0 Å². The number of methoxy groups -OCH3 is 1. The topological polar surface area (TPSA) is 77.4 Å². The van der Waals surface area contributed by atoms with Gasteiger partial charge in [0.1, 0.15) is 11.5 Å². The molecular formula is C28H40N4O3. The van der Waals surface area contributed by atoms with Crippen molar-refractivity contribution in [2.45, 2.75) is 52.5 Å². The number of phenolic OH excluding ortho intramolecular Hbond substituents is 1. The van der Waals surface area contributed by atoms with Gasteiger partial charge in [-0.05, 0) is 40.7 Å². The average molecular weight is 481 g/mol. The van der Waals surface area contributed by atoms with Crippen molar-refractivity contribution >= 4 is 12.1 Å². The molecule has 0 spiro atoms. The number of nitrogens with one attached hydrogen (secondary N) is 1. The summed E-state index contributed by atoms with van der Waals surface area (Å²) in [5.41, 5.74) is 6.31. The van der Waals surface area contributed by atoms with Gasteiger partial charge < -0.3 is 9.84 Å². The Morgan fingerprint density at radius 1 is 1.11 bits per heavy atom. The van der Waals surface area contributed by atoms with Crippen molar-refractivity contribution in [2.75, 3.05) is 39.8 Å². The van der Waals surface area contributed by atoms with E-state index < -0.39 is 0 Å². The number of hydrogen-bond donors (Lipinski definition) is 2. The van der Waals surface area contributed by atoms with Crippen LogP contribution in [0.4, 0.5) is 0 Å². The summed E-state index contributed by atoms with van der Waals surface area (Å²) in [4.78, 5) is 17.0. The molecule has 0 unspecified atom stereocenters. The van der Waals surface area contributed by atoms with Crippen LogP contribution in [0.3, 0.4) is 0 Å². The Balaban J connectivity index is 1.51. The highest BCUT2D eigenvalue weighted by atomic mass is 16.5. The predicted molar refractivity (Wildman–Crippen MR) is 141 cm³/mol. The minimum Gasteiger partial charge on any atom is -0.507 e. The number of nitrogens with zero attached hydrogens (tertiary/aromatic N) is 3. The fourth-order valence-electron chi connectivity index (χ4n) is 4.19. The first-order valence-electron chi connectivity index (χ1n) is 12.3. The van der Waals surface area contributed by atoms with Crippen molar-refractivity contribution in [3.05, 3.63) is 58.7 Å². The maximum Gasteiger partial charge on any atom is 0.254 e. The molecule has 3 rings (SSSR count). The molecule has 7 nitrogen and oxygen atoms in total. The maximum absolute atomic E-state index is 12.5. The zero-order valence-corrected chi connectivity index (χ0v) is 22.0. The van der Waals surface area contributed by atoms with E-state index in [2.05, 4.69) is 73.1 Å². The van der Waals surface area contributed by atoms with Crippen molar-refractivity contribution in [3.8, 4) is 11.5 Å². The van der Waals surface area contributed by atoms with E-state index in [1.165, 1.54) is 5.56 Å². The number of hydrazone groups is 1. The van der Waals surface area contributed by atoms with Gasteiger partial charge in [-0.15, -0.1) is 0 Å². The number of aromatic hydroxyl groups is 1. The summed E-state index contributed by atoms with van der Waals surface area (Å²) in [5.74, 6) is 1.25. The lowest BCUT2D eigenvalue weighted by atomic mass is 9.83. The molecule has 0 saturated carbocycles. The first kappa shape index (κ1) is 26.7. The van der Waals surface area contributed by atoms with Gasteiger partial charge in [-0.25, -0.2) is 5.43 Å². The molecule has 0 radical (unpaired) electrons. The van der Waals surface area contributed by atoms with Crippen LogP contribution in [0.5, 0.6) is 11.5 Å². The summed E-state index contributed by atoms with van der Waals surface area (Å²) in [6.45, 7) is 15.2. The molecule has 0 atom stereocenters. The van der Waals surface area contributed by atoms with Crippen LogP contribution < -0.4 is 10.2 Å². The molecule has 1 saturated heterocycles. The average Bonchev–Trinajstić information content (AvgIpc) is 2.81. The molecular weight excluding hydrogens is 440 g/mol. The van der Waals surface area contributed by atoms with E-state index in [-0.39, 0.29) is 17.1 Å². The van der Waals surface area contributed by atoms with E-state index in [9.17, 15) is 9.90 Å². The van der Waals surface area contributed by atoms with Gasteiger partial charge in [0.15, 0.2) is 0 Å². The number of carbonyl (C=O) groups excluding carboxylic acids is 1. The first-order chi connectivity index (χ1) is 16.6. The van der Waals surface area contributed by atoms with Crippen LogP contribution in [0.15, 0.2) is 41.5 Å². The third kappa shape index (κ3) is 7.54. The highest BCUT2D eigenvalue weighted by Crippen LogP contribution is 2.35. The molecule has 2 N–H and O–H groups in total. The Hall–Kier alpha value is -2.90.